The van der Waals surface area contributed by atoms with Gasteiger partial charge in [0.05, 0.1) is 0 Å². The van der Waals surface area contributed by atoms with Gasteiger partial charge in [0.2, 0.25) is 0 Å². The number of aliphatic hydroxyl groups is 1. The quantitative estimate of drug-likeness (QED) is 0.766. The van der Waals surface area contributed by atoms with Crippen LogP contribution in [-0.4, -0.2) is 37.5 Å². The SMILES string of the molecule is OCC1CCC(NCC2CCOCC2)CC1. The molecule has 0 radical (unpaired) electrons. The van der Waals surface area contributed by atoms with Crippen LogP contribution in [0.3, 0.4) is 0 Å². The van der Waals surface area contributed by atoms with Gasteiger partial charge in [-0.2, -0.15) is 0 Å². The number of aliphatic hydroxyl groups excluding tert-OH is 1. The highest BCUT2D eigenvalue weighted by Gasteiger charge is 2.21. The first-order valence-electron chi connectivity index (χ1n) is 6.80. The second kappa shape index (κ2) is 6.58. The molecule has 94 valence electrons. The molecule has 0 aromatic heterocycles. The Hall–Kier alpha value is -0.120. The van der Waals surface area contributed by atoms with E-state index < -0.39 is 0 Å². The van der Waals surface area contributed by atoms with Gasteiger partial charge in [-0.3, -0.25) is 0 Å². The van der Waals surface area contributed by atoms with Crippen LogP contribution in [0.4, 0.5) is 0 Å². The van der Waals surface area contributed by atoms with Crippen LogP contribution >= 0.6 is 0 Å². The maximum Gasteiger partial charge on any atom is 0.0469 e. The van der Waals surface area contributed by atoms with E-state index in [1.54, 1.807) is 0 Å². The molecule has 3 heteroatoms. The minimum atomic E-state index is 0.382. The molecule has 1 saturated heterocycles. The molecule has 1 heterocycles. The molecule has 3 nitrogen and oxygen atoms in total. The summed E-state index contributed by atoms with van der Waals surface area (Å²) in [6.45, 7) is 3.44. The molecule has 0 atom stereocenters. The zero-order chi connectivity index (χ0) is 11.2. The number of rotatable bonds is 4. The fraction of sp³-hybridized carbons (Fsp3) is 1.00. The molecule has 2 N–H and O–H groups in total. The van der Waals surface area contributed by atoms with Crippen LogP contribution in [0, 0.1) is 11.8 Å². The zero-order valence-electron chi connectivity index (χ0n) is 10.2. The summed E-state index contributed by atoms with van der Waals surface area (Å²) < 4.78 is 5.36. The Morgan fingerprint density at radius 1 is 0.938 bits per heavy atom. The number of ether oxygens (including phenoxy) is 1. The van der Waals surface area contributed by atoms with Gasteiger partial charge in [0.25, 0.3) is 0 Å². The average molecular weight is 227 g/mol. The topological polar surface area (TPSA) is 41.5 Å². The molecule has 2 rings (SSSR count). The summed E-state index contributed by atoms with van der Waals surface area (Å²) in [5, 5.41) is 12.8. The minimum absolute atomic E-state index is 0.382. The fourth-order valence-corrected chi connectivity index (χ4v) is 2.83. The molecule has 0 aromatic rings. The summed E-state index contributed by atoms with van der Waals surface area (Å²) >= 11 is 0. The van der Waals surface area contributed by atoms with E-state index in [0.717, 1.165) is 25.7 Å². The second-order valence-corrected chi connectivity index (χ2v) is 5.36. The van der Waals surface area contributed by atoms with Crippen molar-refractivity contribution < 1.29 is 9.84 Å². The number of hydrogen-bond acceptors (Lipinski definition) is 3. The molecule has 0 aromatic carbocycles. The van der Waals surface area contributed by atoms with Gasteiger partial charge in [0.15, 0.2) is 0 Å². The van der Waals surface area contributed by atoms with Crippen molar-refractivity contribution in [2.75, 3.05) is 26.4 Å². The molecule has 1 aliphatic heterocycles. The van der Waals surface area contributed by atoms with E-state index >= 15 is 0 Å². The molecular weight excluding hydrogens is 202 g/mol. The van der Waals surface area contributed by atoms with Crippen molar-refractivity contribution in [2.45, 2.75) is 44.6 Å². The smallest absolute Gasteiger partial charge is 0.0469 e. The van der Waals surface area contributed by atoms with E-state index in [4.69, 9.17) is 9.84 Å². The first kappa shape index (κ1) is 12.3. The van der Waals surface area contributed by atoms with Crippen LogP contribution in [0.5, 0.6) is 0 Å². The zero-order valence-corrected chi connectivity index (χ0v) is 10.2. The Morgan fingerprint density at radius 3 is 2.25 bits per heavy atom. The lowest BCUT2D eigenvalue weighted by atomic mass is 9.86. The Kier molecular flexibility index (Phi) is 5.07. The molecule has 16 heavy (non-hydrogen) atoms. The maximum atomic E-state index is 9.08. The minimum Gasteiger partial charge on any atom is -0.396 e. The molecule has 2 aliphatic rings. The van der Waals surface area contributed by atoms with Crippen LogP contribution in [0.15, 0.2) is 0 Å². The molecule has 0 spiro atoms. The van der Waals surface area contributed by atoms with E-state index in [9.17, 15) is 0 Å². The molecule has 1 saturated carbocycles. The van der Waals surface area contributed by atoms with E-state index in [1.807, 2.05) is 0 Å². The van der Waals surface area contributed by atoms with Crippen LogP contribution < -0.4 is 5.32 Å². The van der Waals surface area contributed by atoms with Crippen molar-refractivity contribution in [3.8, 4) is 0 Å². The van der Waals surface area contributed by atoms with Crippen molar-refractivity contribution in [3.63, 3.8) is 0 Å². The highest BCUT2D eigenvalue weighted by atomic mass is 16.5. The third-order valence-electron chi connectivity index (χ3n) is 4.14. The third kappa shape index (κ3) is 3.72. The molecule has 2 fully saturated rings. The van der Waals surface area contributed by atoms with Crippen LogP contribution in [0.25, 0.3) is 0 Å². The standard InChI is InChI=1S/C13H25NO2/c15-10-12-1-3-13(4-2-12)14-9-11-5-7-16-8-6-11/h11-15H,1-10H2. The molecule has 0 unspecified atom stereocenters. The molecule has 1 aliphatic carbocycles. The molecular formula is C13H25NO2. The summed E-state index contributed by atoms with van der Waals surface area (Å²) in [4.78, 5) is 0. The largest absolute Gasteiger partial charge is 0.396 e. The lowest BCUT2D eigenvalue weighted by Crippen LogP contribution is -2.38. The molecule has 0 amide bonds. The van der Waals surface area contributed by atoms with Gasteiger partial charge in [-0.1, -0.05) is 0 Å². The van der Waals surface area contributed by atoms with E-state index in [0.29, 0.717) is 18.6 Å². The van der Waals surface area contributed by atoms with Crippen molar-refractivity contribution >= 4 is 0 Å². The van der Waals surface area contributed by atoms with Gasteiger partial charge < -0.3 is 15.2 Å². The van der Waals surface area contributed by atoms with E-state index in [2.05, 4.69) is 5.32 Å². The lowest BCUT2D eigenvalue weighted by molar-refractivity contribution is 0.0644. The normalized spacial score (nSPS) is 32.8. The van der Waals surface area contributed by atoms with Gasteiger partial charge in [-0.05, 0) is 56.9 Å². The highest BCUT2D eigenvalue weighted by Crippen LogP contribution is 2.24. The number of hydrogen-bond donors (Lipinski definition) is 2. The van der Waals surface area contributed by atoms with Gasteiger partial charge in [0, 0.05) is 25.9 Å². The Labute approximate surface area is 98.6 Å². The molecule has 0 bridgehead atoms. The lowest BCUT2D eigenvalue weighted by Gasteiger charge is -2.30. The van der Waals surface area contributed by atoms with Crippen LogP contribution in [-0.2, 0) is 4.74 Å². The van der Waals surface area contributed by atoms with Crippen molar-refractivity contribution in [2.24, 2.45) is 11.8 Å². The number of nitrogens with one attached hydrogen (secondary N) is 1. The second-order valence-electron chi connectivity index (χ2n) is 5.36. The monoisotopic (exact) mass is 227 g/mol. The maximum absolute atomic E-state index is 9.08. The summed E-state index contributed by atoms with van der Waals surface area (Å²) in [6.07, 6.45) is 7.32. The van der Waals surface area contributed by atoms with Crippen molar-refractivity contribution in [1.29, 1.82) is 0 Å². The fourth-order valence-electron chi connectivity index (χ4n) is 2.83. The van der Waals surface area contributed by atoms with Crippen LogP contribution in [0.1, 0.15) is 38.5 Å². The summed E-state index contributed by atoms with van der Waals surface area (Å²) in [5.41, 5.74) is 0. The van der Waals surface area contributed by atoms with E-state index in [-0.39, 0.29) is 0 Å². The Bertz CT molecular complexity index is 184. The van der Waals surface area contributed by atoms with Crippen molar-refractivity contribution in [3.05, 3.63) is 0 Å². The third-order valence-corrected chi connectivity index (χ3v) is 4.14. The van der Waals surface area contributed by atoms with Gasteiger partial charge in [0.1, 0.15) is 0 Å². The summed E-state index contributed by atoms with van der Waals surface area (Å²) in [6, 6.07) is 0.700. The first-order valence-corrected chi connectivity index (χ1v) is 6.80. The van der Waals surface area contributed by atoms with Crippen molar-refractivity contribution in [1.82, 2.24) is 5.32 Å². The predicted octanol–water partition coefficient (Wildman–Crippen LogP) is 1.55. The summed E-state index contributed by atoms with van der Waals surface area (Å²) in [5.74, 6) is 1.39. The average Bonchev–Trinajstić information content (AvgIpc) is 2.38. The highest BCUT2D eigenvalue weighted by molar-refractivity contribution is 4.78. The summed E-state index contributed by atoms with van der Waals surface area (Å²) in [7, 11) is 0. The predicted molar refractivity (Wildman–Crippen MR) is 64.4 cm³/mol. The van der Waals surface area contributed by atoms with Gasteiger partial charge in [-0.15, -0.1) is 0 Å². The Balaban J connectivity index is 1.59. The Morgan fingerprint density at radius 2 is 1.62 bits per heavy atom. The van der Waals surface area contributed by atoms with Crippen LogP contribution in [0.2, 0.25) is 0 Å². The van der Waals surface area contributed by atoms with Gasteiger partial charge in [-0.25, -0.2) is 0 Å². The van der Waals surface area contributed by atoms with E-state index in [1.165, 1.54) is 38.5 Å². The van der Waals surface area contributed by atoms with Gasteiger partial charge >= 0.3 is 0 Å². The first-order chi connectivity index (χ1) is 7.88.